The predicted octanol–water partition coefficient (Wildman–Crippen LogP) is 13.1. The molecule has 746 valence electrons. The Labute approximate surface area is 753 Å². The number of rotatable bonds is 44. The van der Waals surface area contributed by atoms with Crippen LogP contribution in [0.2, 0.25) is 5.15 Å². The molecule has 0 radical (unpaired) electrons. The number of pyridine rings is 6. The molecular formula is C58H97ClFN7O48P16. The van der Waals surface area contributed by atoms with Crippen molar-refractivity contribution in [2.24, 2.45) is 0 Å². The van der Waals surface area contributed by atoms with Crippen LogP contribution in [0.3, 0.4) is 0 Å². The zero-order valence-corrected chi connectivity index (χ0v) is 84.9. The smallest absolute Gasteiger partial charge is 0.324 e. The van der Waals surface area contributed by atoms with E-state index in [-0.39, 0.29) is 58.0 Å². The number of aryl methyl sites for hydroxylation is 1. The van der Waals surface area contributed by atoms with E-state index in [1.54, 1.807) is 104 Å². The Morgan fingerprint density at radius 3 is 0.901 bits per heavy atom. The third-order valence-corrected chi connectivity index (χ3v) is 32.0. The molecule has 16 atom stereocenters. The van der Waals surface area contributed by atoms with E-state index in [0.717, 1.165) is 76.6 Å². The topological polar surface area (TPSA) is 825 Å². The van der Waals surface area contributed by atoms with Gasteiger partial charge in [-0.05, 0) is 127 Å². The number of aromatic nitrogens is 6. The highest BCUT2D eigenvalue weighted by Crippen LogP contribution is 2.64. The molecule has 0 fully saturated rings. The minimum Gasteiger partial charge on any atom is -0.324 e. The highest BCUT2D eigenvalue weighted by molar-refractivity contribution is 7.66. The number of halogens is 2. The summed E-state index contributed by atoms with van der Waals surface area (Å²) < 4.78 is 256. The maximum atomic E-state index is 12.5. The second kappa shape index (κ2) is 59.3. The van der Waals surface area contributed by atoms with E-state index in [4.69, 9.17) is 89.9 Å². The van der Waals surface area contributed by atoms with Crippen LogP contribution in [0.15, 0.2) is 165 Å². The van der Waals surface area contributed by atoms with Crippen LogP contribution in [0.1, 0.15) is 45.5 Å². The Morgan fingerprint density at radius 2 is 0.588 bits per heavy atom. The van der Waals surface area contributed by atoms with E-state index < -0.39 is 129 Å². The third kappa shape index (κ3) is 80.2. The molecule has 0 saturated heterocycles. The van der Waals surface area contributed by atoms with Crippen molar-refractivity contribution >= 4 is 135 Å². The lowest BCUT2D eigenvalue weighted by Gasteiger charge is -2.15. The molecule has 6 heterocycles. The Morgan fingerprint density at radius 1 is 0.290 bits per heavy atom. The number of hydrogen-bond acceptors (Lipinski definition) is 39. The first-order valence-corrected chi connectivity index (χ1v) is 63.3. The Kier molecular flexibility index (Phi) is 57.8. The van der Waals surface area contributed by atoms with E-state index >= 15 is 0 Å². The highest BCUT2D eigenvalue weighted by Gasteiger charge is 2.36. The van der Waals surface area contributed by atoms with Crippen molar-refractivity contribution in [3.8, 4) is 0 Å². The first-order valence-electron chi connectivity index (χ1n) is 34.8. The molecule has 0 bridgehead atoms. The summed E-state index contributed by atoms with van der Waals surface area (Å²) in [5.74, 6) is -0.453. The van der Waals surface area contributed by atoms with E-state index in [1.807, 2.05) is 6.07 Å². The van der Waals surface area contributed by atoms with Crippen LogP contribution >= 0.6 is 135 Å². The molecule has 0 aliphatic carbocycles. The largest absolute Gasteiger partial charge is 0.479 e. The maximum absolute atomic E-state index is 12.5. The van der Waals surface area contributed by atoms with Gasteiger partial charge in [0.15, 0.2) is 0 Å². The number of hydrogen-bond donors (Lipinski definition) is 16. The lowest BCUT2D eigenvalue weighted by molar-refractivity contribution is 0.179. The number of likely N-dealkylation sites (N-methyl/N-ethyl adjacent to an activating group) is 1. The van der Waals surface area contributed by atoms with Crippen LogP contribution in [-0.4, -0.2) is 207 Å². The maximum Gasteiger partial charge on any atom is 0.479 e. The summed E-state index contributed by atoms with van der Waals surface area (Å²) in [7, 11) is -65.1. The highest BCUT2D eigenvalue weighted by atomic mass is 35.5. The summed E-state index contributed by atoms with van der Waals surface area (Å²) in [4.78, 5) is 167. The molecular weight excluding hydrogens is 2110 g/mol. The first kappa shape index (κ1) is 128. The lowest BCUT2D eigenvalue weighted by Crippen LogP contribution is -2.17. The molecule has 16 unspecified atom stereocenters. The summed E-state index contributed by atoms with van der Waals surface area (Å²) in [6.45, 7) is 5.18. The van der Waals surface area contributed by atoms with E-state index in [2.05, 4.69) is 101 Å². The molecule has 55 nitrogen and oxygen atoms in total. The van der Waals surface area contributed by atoms with Crippen molar-refractivity contribution < 1.29 is 226 Å². The molecule has 7 aromatic rings. The molecule has 0 aliphatic rings. The second-order valence-electron chi connectivity index (χ2n) is 25.2. The average Bonchev–Trinajstić information content (AvgIpc) is 0.899. The molecule has 0 saturated carbocycles. The second-order valence-corrected chi connectivity index (χ2v) is 53.2. The first-order chi connectivity index (χ1) is 59.4. The Hall–Kier alpha value is -3.30. The van der Waals surface area contributed by atoms with Crippen LogP contribution in [0, 0.1) is 5.82 Å². The Balaban J connectivity index is 0.00000148. The lowest BCUT2D eigenvalue weighted by atomic mass is 10.2. The van der Waals surface area contributed by atoms with Gasteiger partial charge < -0.3 is 83.2 Å². The molecule has 0 aliphatic heterocycles. The van der Waals surface area contributed by atoms with Crippen LogP contribution in [0.4, 0.5) is 4.39 Å². The zero-order chi connectivity index (χ0) is 101. The SMILES string of the molecule is CN(C)CCOP(=O)(O)OP(C)(=O)O.CP(=O)(O)OP(=O)(O)OCCCc1cccnc1.CP(=O)(O)OP(=O)(O)OCCc1cccnc1.CP(=O)(O)OP(=O)(O)OCc1ccc(Cl)nc1.CP(=O)(O)OP(=O)(O)OCc1ccc(F)cc1.CP(=O)(O)OP(=O)(O)OCc1ccccn1.CP(=O)(O)OP(=O)(O)OCc1cccnc1.CP(=O)(O)OP(=O)(O)OCc1ccncc1. The van der Waals surface area contributed by atoms with Gasteiger partial charge in [-0.15, -0.1) is 0 Å². The molecule has 131 heavy (non-hydrogen) atoms. The molecule has 73 heteroatoms. The van der Waals surface area contributed by atoms with Crippen molar-refractivity contribution in [2.45, 2.75) is 52.3 Å². The van der Waals surface area contributed by atoms with Crippen molar-refractivity contribution in [1.29, 1.82) is 0 Å². The van der Waals surface area contributed by atoms with Gasteiger partial charge in [0.25, 0.3) is 0 Å². The van der Waals surface area contributed by atoms with Gasteiger partial charge in [0.2, 0.25) is 0 Å². The fourth-order valence-electron chi connectivity index (χ4n) is 7.18. The van der Waals surface area contributed by atoms with Crippen LogP contribution in [-0.2, 0) is 190 Å². The Bertz CT molecular complexity index is 5070. The van der Waals surface area contributed by atoms with Crippen LogP contribution in [0.5, 0.6) is 0 Å². The normalized spacial score (nSPS) is 18.6. The van der Waals surface area contributed by atoms with Crippen LogP contribution < -0.4 is 0 Å². The molecule has 1 aromatic carbocycles. The van der Waals surface area contributed by atoms with Crippen LogP contribution in [0.25, 0.3) is 0 Å². The standard InChI is InChI=1S/C9H15NO6P2.C8H11FO6P2.C8H13NO6P2.C7H10ClNO6P2.3C7H11NO6P2.C5H15NO6P2/c1-17(11,12)16-18(13,14)15-7-3-5-9-4-2-6-10-8-9;1-16(10,11)15-17(12,13)14-6-7-2-4-8(9)5-3-7;1-16(10,11)15-17(12,13)14-6-4-8-3-2-5-9-7-8;1-16(10,11)15-17(12,13)14-5-6-2-3-7(8)9-4-6;1-15(9,10)14-16(11,12)13-6-7-2-4-8-5-3-7;1-15(9,10)14-16(11,12)13-6-7-3-2-4-8-5-7;1-15(9,10)14-16(11,12)13-6-7-4-2-3-5-8-7;1-6(2)4-5-11-14(9,10)12-13(3,7)8/h2,4,6,8H,3,5,7H2,1H3,(H,11,12)(H,13,14);2-5H,6H2,1H3,(H,10,11)(H,12,13);2-3,5,7H,4,6H2,1H3,(H,10,11)(H,12,13);2-4H,5H2,1H3,(H,10,11)(H,12,13);3*2-5H,6H2,1H3,(H,9,10)(H,11,12);4-5H2,1-3H3,(H,7,8)(H,9,10). The van der Waals surface area contributed by atoms with Gasteiger partial charge in [0.1, 0.15) is 17.6 Å². The van der Waals surface area contributed by atoms with Gasteiger partial charge in [0, 0.05) is 122 Å². The van der Waals surface area contributed by atoms with E-state index in [1.165, 1.54) is 61.4 Å². The summed E-state index contributed by atoms with van der Waals surface area (Å²) in [5.41, 5.74) is 4.23. The van der Waals surface area contributed by atoms with Crippen molar-refractivity contribution in [2.75, 3.05) is 93.8 Å². The van der Waals surface area contributed by atoms with Gasteiger partial charge in [-0.2, -0.15) is 0 Å². The third-order valence-electron chi connectivity index (χ3n) is 11.6. The quantitative estimate of drug-likeness (QED) is 0.00958. The predicted molar refractivity (Wildman–Crippen MR) is 462 cm³/mol. The van der Waals surface area contributed by atoms with E-state index in [9.17, 15) is 77.4 Å². The summed E-state index contributed by atoms with van der Waals surface area (Å²) in [6, 6.07) is 26.5. The monoisotopic (exact) mass is 2210 g/mol. The number of phosphoric acid groups is 8. The molecule has 0 spiro atoms. The number of phosphoric ester groups is 8. The number of benzene rings is 1. The van der Waals surface area contributed by atoms with Crippen molar-refractivity contribution in [3.63, 3.8) is 0 Å². The van der Waals surface area contributed by atoms with E-state index in [0.29, 0.717) is 53.8 Å². The fraction of sp³-hybridized carbons (Fsp3) is 0.379. The summed E-state index contributed by atoms with van der Waals surface area (Å²) >= 11 is 5.54. The summed E-state index contributed by atoms with van der Waals surface area (Å²) in [6.07, 6.45) is 16.7. The molecule has 6 aromatic heterocycles. The molecule has 0 amide bonds. The van der Waals surface area contributed by atoms with Gasteiger partial charge >= 0.3 is 123 Å². The van der Waals surface area contributed by atoms with Gasteiger partial charge in [-0.3, -0.25) is 97.6 Å². The minimum atomic E-state index is -4.60. The minimum absolute atomic E-state index is 0.0529. The zero-order valence-electron chi connectivity index (χ0n) is 69.8. The number of nitrogens with zero attached hydrogens (tertiary/aromatic N) is 7. The van der Waals surface area contributed by atoms with Crippen molar-refractivity contribution in [1.82, 2.24) is 34.8 Å². The molecule has 16 N–H and O–H groups in total. The van der Waals surface area contributed by atoms with Crippen molar-refractivity contribution in [3.05, 3.63) is 215 Å². The van der Waals surface area contributed by atoms with Gasteiger partial charge in [0.05, 0.1) is 51.9 Å². The fourth-order valence-corrected chi connectivity index (χ4v) is 23.6. The van der Waals surface area contributed by atoms with Gasteiger partial charge in [-0.1, -0.05) is 54.1 Å². The molecule has 7 rings (SSSR count). The summed E-state index contributed by atoms with van der Waals surface area (Å²) in [5, 5.41) is 0.269. The average molecular weight is 2210 g/mol. The van der Waals surface area contributed by atoms with Gasteiger partial charge in [-0.25, -0.2) is 80.4 Å².